The van der Waals surface area contributed by atoms with Crippen molar-refractivity contribution in [3.63, 3.8) is 0 Å². The summed E-state index contributed by atoms with van der Waals surface area (Å²) in [5.41, 5.74) is 7.53. The molecule has 2 aromatic heterocycles. The molecule has 26 heavy (non-hydrogen) atoms. The van der Waals surface area contributed by atoms with Crippen LogP contribution in [0.15, 0.2) is 52.0 Å². The number of aromatic nitrogens is 1. The Kier molecular flexibility index (Phi) is 4.66. The molecule has 0 radical (unpaired) electrons. The van der Waals surface area contributed by atoms with Crippen LogP contribution >= 0.6 is 0 Å². The Bertz CT molecular complexity index is 1020. The molecule has 0 atom stereocenters. The molecule has 0 bridgehead atoms. The van der Waals surface area contributed by atoms with Gasteiger partial charge < -0.3 is 15.5 Å². The van der Waals surface area contributed by atoms with Gasteiger partial charge in [-0.1, -0.05) is 0 Å². The molecule has 0 aliphatic carbocycles. The van der Waals surface area contributed by atoms with Crippen LogP contribution in [0.1, 0.15) is 26.6 Å². The zero-order chi connectivity index (χ0) is 18.7. The van der Waals surface area contributed by atoms with Crippen molar-refractivity contribution in [3.8, 4) is 0 Å². The van der Waals surface area contributed by atoms with E-state index in [4.69, 9.17) is 10.2 Å². The summed E-state index contributed by atoms with van der Waals surface area (Å²) in [6.45, 7) is 1.86. The molecule has 8 heteroatoms. The number of pyridine rings is 1. The number of nitrogens with one attached hydrogen (secondary N) is 2. The number of fused-ring (bicyclic) bond motifs is 1. The monoisotopic (exact) mass is 351 g/mol. The maximum Gasteiger partial charge on any atom is 0.269 e. The van der Waals surface area contributed by atoms with Gasteiger partial charge in [0.2, 0.25) is 5.96 Å². The molecule has 2 heterocycles. The zero-order valence-electron chi connectivity index (χ0n) is 14.2. The first-order chi connectivity index (χ1) is 12.5. The average Bonchev–Trinajstić information content (AvgIpc) is 3.00. The van der Waals surface area contributed by atoms with Crippen molar-refractivity contribution in [1.82, 2.24) is 15.6 Å². The first kappa shape index (κ1) is 17.2. The quantitative estimate of drug-likeness (QED) is 0.491. The Morgan fingerprint density at radius 2 is 1.96 bits per heavy atom. The van der Waals surface area contributed by atoms with E-state index in [0.717, 1.165) is 16.7 Å². The van der Waals surface area contributed by atoms with E-state index in [-0.39, 0.29) is 23.1 Å². The molecule has 0 unspecified atom stereocenters. The van der Waals surface area contributed by atoms with Crippen molar-refractivity contribution in [2.75, 3.05) is 7.05 Å². The van der Waals surface area contributed by atoms with Gasteiger partial charge in [0, 0.05) is 24.2 Å². The highest BCUT2D eigenvalue weighted by Gasteiger charge is 2.11. The summed E-state index contributed by atoms with van der Waals surface area (Å²) in [5.74, 6) is -0.135. The SMILES string of the molecule is CNC(=O)c1cc(C(=O)NC(N)=Nc2ccc3oc(C)cc3c2)ccn1. The third-order valence-corrected chi connectivity index (χ3v) is 3.60. The summed E-state index contributed by atoms with van der Waals surface area (Å²) in [6, 6.07) is 10.1. The van der Waals surface area contributed by atoms with Crippen LogP contribution in [0.2, 0.25) is 0 Å². The van der Waals surface area contributed by atoms with E-state index >= 15 is 0 Å². The maximum atomic E-state index is 12.3. The topological polar surface area (TPSA) is 123 Å². The van der Waals surface area contributed by atoms with Crippen LogP contribution in [0, 0.1) is 6.92 Å². The van der Waals surface area contributed by atoms with E-state index < -0.39 is 5.91 Å². The molecule has 8 nitrogen and oxygen atoms in total. The lowest BCUT2D eigenvalue weighted by Crippen LogP contribution is -2.36. The molecule has 0 saturated carbocycles. The molecule has 3 rings (SSSR count). The summed E-state index contributed by atoms with van der Waals surface area (Å²) in [4.78, 5) is 32.0. The summed E-state index contributed by atoms with van der Waals surface area (Å²) in [5, 5.41) is 5.83. The molecule has 0 fully saturated rings. The minimum atomic E-state index is -0.487. The second-order valence-electron chi connectivity index (χ2n) is 5.54. The Balaban J connectivity index is 1.77. The summed E-state index contributed by atoms with van der Waals surface area (Å²) in [6.07, 6.45) is 1.38. The van der Waals surface area contributed by atoms with Gasteiger partial charge in [0.1, 0.15) is 17.0 Å². The van der Waals surface area contributed by atoms with Crippen molar-refractivity contribution < 1.29 is 14.0 Å². The number of hydrogen-bond donors (Lipinski definition) is 3. The van der Waals surface area contributed by atoms with Crippen molar-refractivity contribution in [1.29, 1.82) is 0 Å². The van der Waals surface area contributed by atoms with Gasteiger partial charge in [0.05, 0.1) is 5.69 Å². The second-order valence-corrected chi connectivity index (χ2v) is 5.54. The molecule has 1 aromatic carbocycles. The van der Waals surface area contributed by atoms with Gasteiger partial charge in [-0.3, -0.25) is 19.9 Å². The van der Waals surface area contributed by atoms with Crippen molar-refractivity contribution in [3.05, 3.63) is 59.6 Å². The van der Waals surface area contributed by atoms with E-state index in [9.17, 15) is 9.59 Å². The molecule has 2 amide bonds. The highest BCUT2D eigenvalue weighted by Crippen LogP contribution is 2.24. The molecule has 4 N–H and O–H groups in total. The molecule has 0 aliphatic heterocycles. The Labute approximate surface area is 149 Å². The second kappa shape index (κ2) is 7.06. The first-order valence-electron chi connectivity index (χ1n) is 7.80. The van der Waals surface area contributed by atoms with Gasteiger partial charge in [-0.05, 0) is 43.3 Å². The summed E-state index contributed by atoms with van der Waals surface area (Å²) < 4.78 is 5.50. The minimum Gasteiger partial charge on any atom is -0.461 e. The van der Waals surface area contributed by atoms with Crippen LogP contribution < -0.4 is 16.4 Å². The number of aliphatic imine (C=N–C) groups is 1. The van der Waals surface area contributed by atoms with Gasteiger partial charge in [-0.15, -0.1) is 0 Å². The number of furan rings is 1. The van der Waals surface area contributed by atoms with Crippen LogP contribution in [0.4, 0.5) is 5.69 Å². The number of aryl methyl sites for hydroxylation is 1. The first-order valence-corrected chi connectivity index (χ1v) is 7.80. The normalized spacial score (nSPS) is 11.4. The molecule has 0 saturated heterocycles. The van der Waals surface area contributed by atoms with Gasteiger partial charge in [-0.25, -0.2) is 4.99 Å². The number of carbonyl (C=O) groups is 2. The van der Waals surface area contributed by atoms with E-state index in [1.54, 1.807) is 18.2 Å². The summed E-state index contributed by atoms with van der Waals surface area (Å²) >= 11 is 0. The standard InChI is InChI=1S/C18H17N5O3/c1-10-7-12-8-13(3-4-15(12)26-10)22-18(19)23-16(24)11-5-6-21-14(9-11)17(25)20-2/h3-9H,1-2H3,(H,20,25)(H3,19,22,23,24). The fourth-order valence-corrected chi connectivity index (χ4v) is 2.41. The third kappa shape index (κ3) is 3.69. The highest BCUT2D eigenvalue weighted by molar-refractivity contribution is 6.06. The average molecular weight is 351 g/mol. The fourth-order valence-electron chi connectivity index (χ4n) is 2.41. The molecule has 132 valence electrons. The zero-order valence-corrected chi connectivity index (χ0v) is 14.2. The van der Waals surface area contributed by atoms with Gasteiger partial charge in [0.25, 0.3) is 11.8 Å². The molecule has 0 spiro atoms. The number of carbonyl (C=O) groups excluding carboxylic acids is 2. The number of hydrogen-bond acceptors (Lipinski definition) is 5. The molecule has 0 aliphatic rings. The van der Waals surface area contributed by atoms with Crippen LogP contribution in [-0.2, 0) is 0 Å². The lowest BCUT2D eigenvalue weighted by atomic mass is 10.2. The van der Waals surface area contributed by atoms with Gasteiger partial charge in [-0.2, -0.15) is 0 Å². The van der Waals surface area contributed by atoms with Crippen LogP contribution in [0.5, 0.6) is 0 Å². The van der Waals surface area contributed by atoms with E-state index in [2.05, 4.69) is 20.6 Å². The van der Waals surface area contributed by atoms with E-state index in [1.165, 1.54) is 25.4 Å². The predicted molar refractivity (Wildman–Crippen MR) is 97.3 cm³/mol. The van der Waals surface area contributed by atoms with Crippen LogP contribution in [0.3, 0.4) is 0 Å². The molecule has 3 aromatic rings. The fraction of sp³-hybridized carbons (Fsp3) is 0.111. The van der Waals surface area contributed by atoms with Crippen molar-refractivity contribution >= 4 is 34.4 Å². The van der Waals surface area contributed by atoms with E-state index in [1.807, 2.05) is 13.0 Å². The molecular weight excluding hydrogens is 334 g/mol. The number of rotatable bonds is 3. The van der Waals surface area contributed by atoms with Crippen LogP contribution in [0.25, 0.3) is 11.0 Å². The predicted octanol–water partition coefficient (Wildman–Crippen LogP) is 1.87. The van der Waals surface area contributed by atoms with Crippen molar-refractivity contribution in [2.45, 2.75) is 6.92 Å². The Hall–Kier alpha value is -3.68. The lowest BCUT2D eigenvalue weighted by Gasteiger charge is -2.06. The third-order valence-electron chi connectivity index (χ3n) is 3.60. The smallest absolute Gasteiger partial charge is 0.269 e. The summed E-state index contributed by atoms with van der Waals surface area (Å²) in [7, 11) is 1.49. The number of nitrogens with two attached hydrogens (primary N) is 1. The lowest BCUT2D eigenvalue weighted by molar-refractivity contribution is 0.0958. The largest absolute Gasteiger partial charge is 0.461 e. The van der Waals surface area contributed by atoms with Crippen molar-refractivity contribution in [2.24, 2.45) is 10.7 Å². The molecular formula is C18H17N5O3. The minimum absolute atomic E-state index is 0.0622. The number of nitrogens with zero attached hydrogens (tertiary/aromatic N) is 2. The van der Waals surface area contributed by atoms with E-state index in [0.29, 0.717) is 5.69 Å². The number of guanidine groups is 1. The maximum absolute atomic E-state index is 12.3. The number of benzene rings is 1. The van der Waals surface area contributed by atoms with Gasteiger partial charge >= 0.3 is 0 Å². The van der Waals surface area contributed by atoms with Crippen LogP contribution in [-0.4, -0.2) is 29.8 Å². The van der Waals surface area contributed by atoms with Gasteiger partial charge in [0.15, 0.2) is 0 Å². The Morgan fingerprint density at radius 3 is 2.73 bits per heavy atom. The highest BCUT2D eigenvalue weighted by atomic mass is 16.3. The number of amides is 2. The Morgan fingerprint density at radius 1 is 1.15 bits per heavy atom.